The number of nitrogens with one attached hydrogen (secondary N) is 1. The lowest BCUT2D eigenvalue weighted by molar-refractivity contribution is 0.0950. The summed E-state index contributed by atoms with van der Waals surface area (Å²) in [6.45, 7) is 2.31. The Morgan fingerprint density at radius 2 is 1.94 bits per heavy atom. The highest BCUT2D eigenvalue weighted by Gasteiger charge is 2.22. The molecule has 2 aromatic heterocycles. The molecule has 8 nitrogen and oxygen atoms in total. The van der Waals surface area contributed by atoms with Gasteiger partial charge in [0.25, 0.3) is 5.91 Å². The molecule has 0 saturated heterocycles. The number of rotatable bonds is 7. The van der Waals surface area contributed by atoms with E-state index >= 15 is 0 Å². The molecule has 0 aliphatic rings. The number of ether oxygens (including phenoxy) is 1. The number of hydrogen-bond donors (Lipinski definition) is 1. The van der Waals surface area contributed by atoms with E-state index < -0.39 is 9.84 Å². The average Bonchev–Trinajstić information content (AvgIpc) is 3.26. The second-order valence-corrected chi connectivity index (χ2v) is 9.19. The molecular formula is C22H19ClN4O4S. The number of hydrogen-bond acceptors (Lipinski definition) is 6. The summed E-state index contributed by atoms with van der Waals surface area (Å²) in [4.78, 5) is 20.7. The zero-order valence-electron chi connectivity index (χ0n) is 17.0. The van der Waals surface area contributed by atoms with Crippen LogP contribution in [0, 0.1) is 0 Å². The zero-order chi connectivity index (χ0) is 22.7. The molecular weight excluding hydrogens is 452 g/mol. The van der Waals surface area contributed by atoms with Crippen LogP contribution in [0.15, 0.2) is 77.0 Å². The first-order chi connectivity index (χ1) is 15.4. The van der Waals surface area contributed by atoms with Gasteiger partial charge >= 0.3 is 0 Å². The summed E-state index contributed by atoms with van der Waals surface area (Å²) >= 11 is 5.98. The third-order valence-corrected chi connectivity index (χ3v) is 6.73. The second-order valence-electron chi connectivity index (χ2n) is 6.83. The summed E-state index contributed by atoms with van der Waals surface area (Å²) in [7, 11) is -3.80. The molecule has 0 radical (unpaired) electrons. The van der Waals surface area contributed by atoms with Crippen molar-refractivity contribution in [2.45, 2.75) is 23.3 Å². The van der Waals surface area contributed by atoms with E-state index in [1.165, 1.54) is 36.5 Å². The van der Waals surface area contributed by atoms with Crippen LogP contribution in [0.25, 0.3) is 5.78 Å². The molecule has 2 heterocycles. The fourth-order valence-electron chi connectivity index (χ4n) is 3.10. The summed E-state index contributed by atoms with van der Waals surface area (Å²) in [5, 5.41) is 3.19. The van der Waals surface area contributed by atoms with Gasteiger partial charge in [0.15, 0.2) is 0 Å². The van der Waals surface area contributed by atoms with Crippen molar-refractivity contribution in [2.24, 2.45) is 0 Å². The first-order valence-electron chi connectivity index (χ1n) is 9.72. The Hall–Kier alpha value is -3.43. The van der Waals surface area contributed by atoms with Crippen LogP contribution >= 0.6 is 11.6 Å². The van der Waals surface area contributed by atoms with Crippen LogP contribution in [0.3, 0.4) is 0 Å². The third-order valence-electron chi connectivity index (χ3n) is 4.69. The van der Waals surface area contributed by atoms with Crippen molar-refractivity contribution >= 4 is 33.1 Å². The molecule has 1 N–H and O–H groups in total. The van der Waals surface area contributed by atoms with Crippen LogP contribution in [0.5, 0.6) is 5.75 Å². The van der Waals surface area contributed by atoms with E-state index in [1.54, 1.807) is 42.0 Å². The Morgan fingerprint density at radius 3 is 2.69 bits per heavy atom. The van der Waals surface area contributed by atoms with E-state index in [0.29, 0.717) is 23.0 Å². The van der Waals surface area contributed by atoms with E-state index in [1.807, 2.05) is 0 Å². The van der Waals surface area contributed by atoms with E-state index in [2.05, 4.69) is 15.3 Å². The molecule has 0 aliphatic heterocycles. The fraction of sp³-hybridized carbons (Fsp3) is 0.136. The summed E-state index contributed by atoms with van der Waals surface area (Å²) in [6.07, 6.45) is 6.40. The molecule has 1 amide bonds. The van der Waals surface area contributed by atoms with Crippen molar-refractivity contribution < 1.29 is 17.9 Å². The van der Waals surface area contributed by atoms with Gasteiger partial charge in [0, 0.05) is 42.4 Å². The minimum absolute atomic E-state index is 0.0483. The predicted molar refractivity (Wildman–Crippen MR) is 119 cm³/mol. The van der Waals surface area contributed by atoms with Crippen LogP contribution in [0.2, 0.25) is 5.02 Å². The molecule has 10 heteroatoms. The Bertz CT molecular complexity index is 1380. The smallest absolute Gasteiger partial charge is 0.254 e. The molecule has 0 aliphatic carbocycles. The molecule has 32 heavy (non-hydrogen) atoms. The van der Waals surface area contributed by atoms with Gasteiger partial charge in [0.1, 0.15) is 10.6 Å². The minimum Gasteiger partial charge on any atom is -0.492 e. The highest BCUT2D eigenvalue weighted by molar-refractivity contribution is 7.91. The molecule has 0 atom stereocenters. The monoisotopic (exact) mass is 470 g/mol. The van der Waals surface area contributed by atoms with Crippen LogP contribution < -0.4 is 10.1 Å². The number of carbonyl (C=O) groups excluding carboxylic acids is 1. The minimum atomic E-state index is -3.80. The highest BCUT2D eigenvalue weighted by Crippen LogP contribution is 2.32. The first-order valence-corrected chi connectivity index (χ1v) is 11.6. The van der Waals surface area contributed by atoms with Crippen molar-refractivity contribution in [3.05, 3.63) is 83.4 Å². The van der Waals surface area contributed by atoms with Gasteiger partial charge in [0.05, 0.1) is 17.1 Å². The maximum atomic E-state index is 13.1. The van der Waals surface area contributed by atoms with Gasteiger partial charge in [-0.05, 0) is 36.8 Å². The van der Waals surface area contributed by atoms with Gasteiger partial charge in [-0.15, -0.1) is 0 Å². The third kappa shape index (κ3) is 4.44. The molecule has 0 spiro atoms. The number of amides is 1. The van der Waals surface area contributed by atoms with E-state index in [4.69, 9.17) is 16.3 Å². The SMILES string of the molecule is CCOc1cc(Cl)ccc1S(=O)(=O)c1ccc(CNC(=O)c2cnc3nccn3c2)cc1. The molecule has 4 rings (SSSR count). The van der Waals surface area contributed by atoms with Crippen molar-refractivity contribution in [3.8, 4) is 5.75 Å². The number of sulfone groups is 1. The number of halogens is 1. The first kappa shape index (κ1) is 21.8. The quantitative estimate of drug-likeness (QED) is 0.443. The van der Waals surface area contributed by atoms with Gasteiger partial charge in [-0.1, -0.05) is 23.7 Å². The van der Waals surface area contributed by atoms with Crippen LogP contribution in [-0.2, 0) is 16.4 Å². The van der Waals surface area contributed by atoms with E-state index in [0.717, 1.165) is 5.56 Å². The molecule has 4 aromatic rings. The van der Waals surface area contributed by atoms with Gasteiger partial charge in [-0.3, -0.25) is 9.20 Å². The zero-order valence-corrected chi connectivity index (χ0v) is 18.6. The van der Waals surface area contributed by atoms with Crippen molar-refractivity contribution in [1.82, 2.24) is 19.7 Å². The van der Waals surface area contributed by atoms with Crippen LogP contribution in [-0.4, -0.2) is 35.3 Å². The molecule has 2 aromatic carbocycles. The summed E-state index contributed by atoms with van der Waals surface area (Å²) < 4.78 is 33.3. The lowest BCUT2D eigenvalue weighted by atomic mass is 10.2. The molecule has 0 fully saturated rings. The molecule has 164 valence electrons. The Morgan fingerprint density at radius 1 is 1.16 bits per heavy atom. The van der Waals surface area contributed by atoms with Crippen molar-refractivity contribution in [3.63, 3.8) is 0 Å². The van der Waals surface area contributed by atoms with Crippen LogP contribution in [0.1, 0.15) is 22.8 Å². The maximum Gasteiger partial charge on any atom is 0.254 e. The normalized spacial score (nSPS) is 11.4. The van der Waals surface area contributed by atoms with Crippen LogP contribution in [0.4, 0.5) is 0 Å². The van der Waals surface area contributed by atoms with Gasteiger partial charge in [-0.2, -0.15) is 0 Å². The summed E-state index contributed by atoms with van der Waals surface area (Å²) in [5.41, 5.74) is 1.14. The number of aromatic nitrogens is 3. The number of nitrogens with zero attached hydrogens (tertiary/aromatic N) is 3. The molecule has 0 saturated carbocycles. The summed E-state index contributed by atoms with van der Waals surface area (Å²) in [6, 6.07) is 10.7. The van der Waals surface area contributed by atoms with Crippen molar-refractivity contribution in [1.29, 1.82) is 0 Å². The predicted octanol–water partition coefficient (Wildman–Crippen LogP) is 3.54. The van der Waals surface area contributed by atoms with Crippen molar-refractivity contribution in [2.75, 3.05) is 6.61 Å². The van der Waals surface area contributed by atoms with E-state index in [-0.39, 0.29) is 28.0 Å². The number of carbonyl (C=O) groups is 1. The van der Waals surface area contributed by atoms with Gasteiger partial charge < -0.3 is 10.1 Å². The molecule has 0 bridgehead atoms. The average molecular weight is 471 g/mol. The number of fused-ring (bicyclic) bond motifs is 1. The lowest BCUT2D eigenvalue weighted by Gasteiger charge is -2.12. The highest BCUT2D eigenvalue weighted by atomic mass is 35.5. The summed E-state index contributed by atoms with van der Waals surface area (Å²) in [5.74, 6) is 0.415. The van der Waals surface area contributed by atoms with E-state index in [9.17, 15) is 13.2 Å². The number of benzene rings is 2. The molecule has 0 unspecified atom stereocenters. The lowest BCUT2D eigenvalue weighted by Crippen LogP contribution is -2.23. The Balaban J connectivity index is 1.48. The standard InChI is InChI=1S/C22H19ClN4O4S/c1-2-31-19-11-17(23)5-8-20(19)32(29,30)18-6-3-15(4-7-18)12-25-21(28)16-13-26-22-24-9-10-27(22)14-16/h3-11,13-14H,2,12H2,1H3,(H,25,28). The largest absolute Gasteiger partial charge is 0.492 e. The Labute approximate surface area is 189 Å². The number of imidazole rings is 1. The van der Waals surface area contributed by atoms with Gasteiger partial charge in [-0.25, -0.2) is 18.4 Å². The van der Waals surface area contributed by atoms with Gasteiger partial charge in [0.2, 0.25) is 15.6 Å². The Kier molecular flexibility index (Phi) is 6.11. The fourth-order valence-corrected chi connectivity index (χ4v) is 4.64. The maximum absolute atomic E-state index is 13.1. The second kappa shape index (κ2) is 8.97. The topological polar surface area (TPSA) is 103 Å².